The summed E-state index contributed by atoms with van der Waals surface area (Å²) in [6, 6.07) is 12.1. The molecule has 0 radical (unpaired) electrons. The number of carboxylic acids is 1. The van der Waals surface area contributed by atoms with Crippen molar-refractivity contribution in [2.75, 3.05) is 0 Å². The van der Waals surface area contributed by atoms with Gasteiger partial charge in [-0.3, -0.25) is 0 Å². The van der Waals surface area contributed by atoms with Crippen LogP contribution in [0.4, 0.5) is 0 Å². The van der Waals surface area contributed by atoms with E-state index in [0.717, 1.165) is 3.57 Å². The van der Waals surface area contributed by atoms with E-state index >= 15 is 0 Å². The molecule has 0 aliphatic carbocycles. The van der Waals surface area contributed by atoms with E-state index in [1.54, 1.807) is 24.3 Å². The zero-order chi connectivity index (χ0) is 14.1. The minimum Gasteiger partial charge on any atom is -0.478 e. The highest BCUT2D eigenvalue weighted by Crippen LogP contribution is 2.28. The highest BCUT2D eigenvalue weighted by molar-refractivity contribution is 14.1. The lowest BCUT2D eigenvalue weighted by Crippen LogP contribution is -2.00. The molecule has 3 aromatic rings. The molecule has 0 spiro atoms. The summed E-state index contributed by atoms with van der Waals surface area (Å²) in [6.45, 7) is 0. The van der Waals surface area contributed by atoms with Crippen molar-refractivity contribution in [2.24, 2.45) is 0 Å². The van der Waals surface area contributed by atoms with Crippen molar-refractivity contribution in [1.82, 2.24) is 4.98 Å². The Morgan fingerprint density at radius 3 is 2.80 bits per heavy atom. The number of benzene rings is 2. The summed E-state index contributed by atoms with van der Waals surface area (Å²) in [7, 11) is 0. The topological polar surface area (TPSA) is 72.6 Å². The van der Waals surface area contributed by atoms with Gasteiger partial charge >= 0.3 is 12.0 Å². The molecule has 0 unspecified atom stereocenters. The van der Waals surface area contributed by atoms with E-state index in [0.29, 0.717) is 11.1 Å². The fraction of sp³-hybridized carbons (Fsp3) is 0. The number of fused-ring (bicyclic) bond motifs is 1. The molecule has 0 saturated heterocycles. The lowest BCUT2D eigenvalue weighted by Gasteiger charge is -2.05. The van der Waals surface area contributed by atoms with Crippen molar-refractivity contribution in [1.29, 1.82) is 0 Å². The van der Waals surface area contributed by atoms with Gasteiger partial charge in [-0.2, -0.15) is 4.98 Å². The van der Waals surface area contributed by atoms with Crippen LogP contribution in [-0.4, -0.2) is 16.1 Å². The summed E-state index contributed by atoms with van der Waals surface area (Å²) in [4.78, 5) is 15.3. The summed E-state index contributed by atoms with van der Waals surface area (Å²) in [5.74, 6) is -0.862. The second kappa shape index (κ2) is 5.12. The first-order valence-corrected chi connectivity index (χ1v) is 6.77. The Hall–Kier alpha value is -2.09. The molecule has 1 heterocycles. The van der Waals surface area contributed by atoms with Crippen molar-refractivity contribution in [2.45, 2.75) is 0 Å². The zero-order valence-corrected chi connectivity index (χ0v) is 12.2. The number of hydrogen-bond acceptors (Lipinski definition) is 4. The third-order valence-corrected chi connectivity index (χ3v) is 3.31. The molecule has 1 N–H and O–H groups in total. The Morgan fingerprint density at radius 2 is 2.05 bits per heavy atom. The molecular weight excluding hydrogens is 373 g/mol. The number of nitrogens with zero attached hydrogens (tertiary/aromatic N) is 1. The molecule has 0 amide bonds. The zero-order valence-electron chi connectivity index (χ0n) is 10.0. The molecule has 1 aromatic heterocycles. The summed E-state index contributed by atoms with van der Waals surface area (Å²) in [5, 5.41) is 9.17. The molecule has 2 aromatic carbocycles. The average molecular weight is 381 g/mol. The number of halogens is 1. The first-order valence-electron chi connectivity index (χ1n) is 5.70. The van der Waals surface area contributed by atoms with Crippen LogP contribution in [0, 0.1) is 3.57 Å². The number of carbonyl (C=O) groups is 1. The van der Waals surface area contributed by atoms with Gasteiger partial charge in [0.25, 0.3) is 0 Å². The summed E-state index contributed by atoms with van der Waals surface area (Å²) in [6.07, 6.45) is 0.0231. The Bertz CT molecular complexity index is 764. The van der Waals surface area contributed by atoms with Crippen LogP contribution < -0.4 is 4.74 Å². The van der Waals surface area contributed by atoms with E-state index in [4.69, 9.17) is 9.15 Å². The molecule has 6 heteroatoms. The molecule has 0 fully saturated rings. The Kier molecular flexibility index (Phi) is 3.31. The number of aromatic carboxylic acids is 1. The second-order valence-corrected chi connectivity index (χ2v) is 5.24. The van der Waals surface area contributed by atoms with Crippen molar-refractivity contribution in [3.63, 3.8) is 0 Å². The van der Waals surface area contributed by atoms with Crippen LogP contribution in [0.1, 0.15) is 10.4 Å². The molecule has 0 aliphatic heterocycles. The van der Waals surface area contributed by atoms with Crippen LogP contribution in [0.15, 0.2) is 46.9 Å². The van der Waals surface area contributed by atoms with Crippen LogP contribution in [0.3, 0.4) is 0 Å². The fourth-order valence-corrected chi connectivity index (χ4v) is 2.24. The Labute approximate surface area is 127 Å². The minimum atomic E-state index is -1.06. The number of hydrogen-bond donors (Lipinski definition) is 1. The van der Waals surface area contributed by atoms with E-state index in [1.807, 2.05) is 34.7 Å². The van der Waals surface area contributed by atoms with Gasteiger partial charge in [0.1, 0.15) is 16.8 Å². The van der Waals surface area contributed by atoms with Gasteiger partial charge in [0.05, 0.1) is 0 Å². The molecule has 5 nitrogen and oxygen atoms in total. The van der Waals surface area contributed by atoms with Gasteiger partial charge in [-0.05, 0) is 52.9 Å². The minimum absolute atomic E-state index is 0.0231. The lowest BCUT2D eigenvalue weighted by atomic mass is 10.2. The molecule has 3 rings (SSSR count). The maximum Gasteiger partial charge on any atom is 0.400 e. The van der Waals surface area contributed by atoms with Crippen molar-refractivity contribution >= 4 is 39.7 Å². The highest BCUT2D eigenvalue weighted by atomic mass is 127. The first kappa shape index (κ1) is 12.9. The van der Waals surface area contributed by atoms with E-state index < -0.39 is 5.97 Å². The summed E-state index contributed by atoms with van der Waals surface area (Å²) >= 11 is 2.04. The largest absolute Gasteiger partial charge is 0.478 e. The van der Waals surface area contributed by atoms with Crippen molar-refractivity contribution in [3.05, 3.63) is 51.6 Å². The van der Waals surface area contributed by atoms with Crippen LogP contribution in [0.2, 0.25) is 0 Å². The number of carboxylic acid groups (broad SMARTS) is 1. The van der Waals surface area contributed by atoms with Gasteiger partial charge in [0.2, 0.25) is 0 Å². The Morgan fingerprint density at radius 1 is 1.25 bits per heavy atom. The number of ether oxygens (including phenoxy) is 1. The van der Waals surface area contributed by atoms with Crippen LogP contribution in [-0.2, 0) is 0 Å². The normalized spacial score (nSPS) is 10.7. The molecule has 0 saturated carbocycles. The van der Waals surface area contributed by atoms with Gasteiger partial charge in [-0.1, -0.05) is 12.1 Å². The van der Waals surface area contributed by atoms with Crippen LogP contribution in [0.5, 0.6) is 11.8 Å². The van der Waals surface area contributed by atoms with Gasteiger partial charge in [-0.15, -0.1) is 0 Å². The Balaban J connectivity index is 2.00. The fourth-order valence-electron chi connectivity index (χ4n) is 1.75. The van der Waals surface area contributed by atoms with E-state index in [1.165, 1.54) is 6.07 Å². The first-order chi connectivity index (χ1) is 9.63. The van der Waals surface area contributed by atoms with E-state index in [-0.39, 0.29) is 17.4 Å². The SMILES string of the molecule is O=C(O)c1cc(I)ccc1Oc1nc2ccccc2o1. The summed E-state index contributed by atoms with van der Waals surface area (Å²) in [5.41, 5.74) is 1.31. The highest BCUT2D eigenvalue weighted by Gasteiger charge is 2.15. The van der Waals surface area contributed by atoms with E-state index in [9.17, 15) is 9.90 Å². The predicted octanol–water partition coefficient (Wildman–Crippen LogP) is 3.92. The van der Waals surface area contributed by atoms with Crippen LogP contribution in [0.25, 0.3) is 11.1 Å². The lowest BCUT2D eigenvalue weighted by molar-refractivity contribution is 0.0693. The van der Waals surface area contributed by atoms with Gasteiger partial charge in [0.15, 0.2) is 5.58 Å². The average Bonchev–Trinajstić information content (AvgIpc) is 2.82. The maximum atomic E-state index is 11.2. The van der Waals surface area contributed by atoms with Gasteiger partial charge < -0.3 is 14.3 Å². The maximum absolute atomic E-state index is 11.2. The molecule has 0 bridgehead atoms. The number of para-hydroxylation sites is 2. The van der Waals surface area contributed by atoms with Crippen molar-refractivity contribution in [3.8, 4) is 11.8 Å². The standard InChI is InChI=1S/C14H8INO4/c15-8-5-6-11(9(7-8)13(17)18)19-14-16-10-3-1-2-4-12(10)20-14/h1-7H,(H,17,18). The second-order valence-electron chi connectivity index (χ2n) is 4.00. The molecule has 0 aliphatic rings. The van der Waals surface area contributed by atoms with Gasteiger partial charge in [-0.25, -0.2) is 4.79 Å². The van der Waals surface area contributed by atoms with Gasteiger partial charge in [0, 0.05) is 3.57 Å². The third-order valence-electron chi connectivity index (χ3n) is 2.64. The molecule has 20 heavy (non-hydrogen) atoms. The molecule has 100 valence electrons. The third kappa shape index (κ3) is 2.46. The molecular formula is C14H8INO4. The smallest absolute Gasteiger partial charge is 0.400 e. The quantitative estimate of drug-likeness (QED) is 0.697. The monoisotopic (exact) mass is 381 g/mol. The van der Waals surface area contributed by atoms with Crippen molar-refractivity contribution < 1.29 is 19.1 Å². The number of rotatable bonds is 3. The molecule has 0 atom stereocenters. The number of oxazole rings is 1. The van der Waals surface area contributed by atoms with Crippen LogP contribution >= 0.6 is 22.6 Å². The number of aromatic nitrogens is 1. The van der Waals surface area contributed by atoms with E-state index in [2.05, 4.69) is 4.98 Å². The predicted molar refractivity (Wildman–Crippen MR) is 80.2 cm³/mol. The summed E-state index contributed by atoms with van der Waals surface area (Å²) < 4.78 is 11.7.